The van der Waals surface area contributed by atoms with Gasteiger partial charge in [-0.05, 0) is 31.7 Å². The van der Waals surface area contributed by atoms with Crippen LogP contribution in [0.1, 0.15) is 19.6 Å². The number of furan rings is 1. The van der Waals surface area contributed by atoms with Crippen LogP contribution in [0.5, 0.6) is 0 Å². The van der Waals surface area contributed by atoms with Gasteiger partial charge in [0.25, 0.3) is 0 Å². The molecule has 2 nitrogen and oxygen atoms in total. The Morgan fingerprint density at radius 1 is 1.10 bits per heavy atom. The first kappa shape index (κ1) is 14.7. The normalized spacial score (nSPS) is 12.7. The molecule has 1 heterocycles. The quantitative estimate of drug-likeness (QED) is 0.842. The van der Waals surface area contributed by atoms with E-state index in [9.17, 15) is 13.2 Å². The molecule has 0 amide bonds. The Labute approximate surface area is 115 Å². The van der Waals surface area contributed by atoms with Crippen LogP contribution in [-0.2, 0) is 6.42 Å². The lowest BCUT2D eigenvalue weighted by molar-refractivity contribution is 0.465. The molecule has 0 spiro atoms. The van der Waals surface area contributed by atoms with E-state index < -0.39 is 17.5 Å². The molecule has 1 atom stereocenters. The van der Waals surface area contributed by atoms with Crippen molar-refractivity contribution in [1.29, 1.82) is 0 Å². The Bertz CT molecular complexity index is 595. The largest absolute Gasteiger partial charge is 0.461 e. The minimum absolute atomic E-state index is 0.0775. The highest BCUT2D eigenvalue weighted by molar-refractivity contribution is 5.58. The number of hydrogen-bond donors (Lipinski definition) is 1. The van der Waals surface area contributed by atoms with Gasteiger partial charge in [-0.2, -0.15) is 0 Å². The zero-order chi connectivity index (χ0) is 14.7. The van der Waals surface area contributed by atoms with Crippen LogP contribution in [-0.4, -0.2) is 12.6 Å². The van der Waals surface area contributed by atoms with Crippen LogP contribution in [0, 0.1) is 17.5 Å². The zero-order valence-electron chi connectivity index (χ0n) is 11.3. The van der Waals surface area contributed by atoms with E-state index in [1.807, 2.05) is 13.8 Å². The molecule has 1 N–H and O–H groups in total. The number of halogens is 3. The van der Waals surface area contributed by atoms with Crippen LogP contribution in [0.4, 0.5) is 13.2 Å². The van der Waals surface area contributed by atoms with Gasteiger partial charge in [0.05, 0.1) is 5.56 Å². The van der Waals surface area contributed by atoms with Crippen LogP contribution < -0.4 is 5.32 Å². The maximum absolute atomic E-state index is 13.6. The van der Waals surface area contributed by atoms with Crippen LogP contribution in [0.15, 0.2) is 28.7 Å². The molecule has 0 aliphatic carbocycles. The number of benzene rings is 1. The van der Waals surface area contributed by atoms with Crippen molar-refractivity contribution in [2.45, 2.75) is 26.3 Å². The Balaban J connectivity index is 2.22. The molecule has 0 radical (unpaired) electrons. The predicted octanol–water partition coefficient (Wildman–Crippen LogP) is 3.90. The monoisotopic (exact) mass is 283 g/mol. The van der Waals surface area contributed by atoms with Crippen LogP contribution in [0.2, 0.25) is 0 Å². The smallest absolute Gasteiger partial charge is 0.161 e. The lowest BCUT2D eigenvalue weighted by atomic mass is 10.1. The van der Waals surface area contributed by atoms with E-state index in [4.69, 9.17) is 4.42 Å². The molecular weight excluding hydrogens is 267 g/mol. The lowest BCUT2D eigenvalue weighted by Gasteiger charge is -2.09. The summed E-state index contributed by atoms with van der Waals surface area (Å²) < 4.78 is 45.2. The summed E-state index contributed by atoms with van der Waals surface area (Å²) in [6, 6.07) is 4.82. The number of hydrogen-bond acceptors (Lipinski definition) is 2. The molecule has 2 aromatic rings. The van der Waals surface area contributed by atoms with Crippen LogP contribution in [0.3, 0.4) is 0 Å². The van der Waals surface area contributed by atoms with Gasteiger partial charge in [0, 0.05) is 18.5 Å². The third kappa shape index (κ3) is 3.22. The van der Waals surface area contributed by atoms with Crippen molar-refractivity contribution in [1.82, 2.24) is 5.32 Å². The van der Waals surface area contributed by atoms with Crippen molar-refractivity contribution in [3.8, 4) is 11.3 Å². The topological polar surface area (TPSA) is 25.2 Å². The SMILES string of the molecule is CCNC(C)Cc1ccc(-c2cc(F)c(F)cc2F)o1. The summed E-state index contributed by atoms with van der Waals surface area (Å²) in [7, 11) is 0. The highest BCUT2D eigenvalue weighted by atomic mass is 19.2. The van der Waals surface area contributed by atoms with Gasteiger partial charge in [0.15, 0.2) is 11.6 Å². The van der Waals surface area contributed by atoms with E-state index in [1.54, 1.807) is 12.1 Å². The molecule has 2 rings (SSSR count). The second kappa shape index (κ2) is 6.13. The zero-order valence-corrected chi connectivity index (χ0v) is 11.3. The molecule has 0 aliphatic heterocycles. The Morgan fingerprint density at radius 2 is 1.80 bits per heavy atom. The summed E-state index contributed by atoms with van der Waals surface area (Å²) in [5, 5.41) is 3.23. The molecule has 0 saturated heterocycles. The standard InChI is InChI=1S/C15H16F3NO/c1-3-19-9(2)6-10-4-5-15(20-10)11-7-13(17)14(18)8-12(11)16/h4-5,7-9,19H,3,6H2,1-2H3. The highest BCUT2D eigenvalue weighted by Crippen LogP contribution is 2.27. The van der Waals surface area contributed by atoms with E-state index in [-0.39, 0.29) is 17.4 Å². The Morgan fingerprint density at radius 3 is 2.50 bits per heavy atom. The van der Waals surface area contributed by atoms with E-state index in [0.29, 0.717) is 18.2 Å². The predicted molar refractivity (Wildman–Crippen MR) is 70.9 cm³/mol. The first-order chi connectivity index (χ1) is 9.51. The number of likely N-dealkylation sites (N-methyl/N-ethyl adjacent to an activating group) is 1. The van der Waals surface area contributed by atoms with Gasteiger partial charge in [0.2, 0.25) is 0 Å². The Kier molecular flexibility index (Phi) is 4.49. The molecule has 5 heteroatoms. The average Bonchev–Trinajstić information content (AvgIpc) is 2.82. The van der Waals surface area contributed by atoms with E-state index in [2.05, 4.69) is 5.32 Å². The lowest BCUT2D eigenvalue weighted by Crippen LogP contribution is -2.27. The molecule has 0 aliphatic rings. The summed E-state index contributed by atoms with van der Waals surface area (Å²) in [4.78, 5) is 0. The van der Waals surface area contributed by atoms with E-state index in [0.717, 1.165) is 12.6 Å². The molecule has 20 heavy (non-hydrogen) atoms. The van der Waals surface area contributed by atoms with Crippen molar-refractivity contribution in [3.05, 3.63) is 47.5 Å². The fourth-order valence-electron chi connectivity index (χ4n) is 2.07. The van der Waals surface area contributed by atoms with Gasteiger partial charge in [-0.1, -0.05) is 6.92 Å². The van der Waals surface area contributed by atoms with Gasteiger partial charge < -0.3 is 9.73 Å². The summed E-state index contributed by atoms with van der Waals surface area (Å²) in [5.41, 5.74) is -0.0775. The van der Waals surface area contributed by atoms with Gasteiger partial charge in [-0.3, -0.25) is 0 Å². The summed E-state index contributed by atoms with van der Waals surface area (Å²) in [6.45, 7) is 4.84. The minimum atomic E-state index is -1.21. The number of nitrogens with one attached hydrogen (secondary N) is 1. The van der Waals surface area contributed by atoms with Crippen molar-refractivity contribution < 1.29 is 17.6 Å². The van der Waals surface area contributed by atoms with Gasteiger partial charge in [0.1, 0.15) is 17.3 Å². The summed E-state index contributed by atoms with van der Waals surface area (Å²) in [5.74, 6) is -2.29. The maximum atomic E-state index is 13.6. The third-order valence-corrected chi connectivity index (χ3v) is 3.00. The molecule has 1 aromatic heterocycles. The summed E-state index contributed by atoms with van der Waals surface area (Å²) >= 11 is 0. The van der Waals surface area contributed by atoms with Gasteiger partial charge in [-0.25, -0.2) is 13.2 Å². The average molecular weight is 283 g/mol. The second-order valence-electron chi connectivity index (χ2n) is 4.67. The molecule has 0 bridgehead atoms. The van der Waals surface area contributed by atoms with E-state index in [1.165, 1.54) is 0 Å². The van der Waals surface area contributed by atoms with Crippen LogP contribution >= 0.6 is 0 Å². The molecule has 0 fully saturated rings. The molecule has 1 aromatic carbocycles. The third-order valence-electron chi connectivity index (χ3n) is 3.00. The maximum Gasteiger partial charge on any atom is 0.161 e. The van der Waals surface area contributed by atoms with Crippen molar-refractivity contribution in [2.75, 3.05) is 6.54 Å². The van der Waals surface area contributed by atoms with E-state index >= 15 is 0 Å². The van der Waals surface area contributed by atoms with Crippen molar-refractivity contribution >= 4 is 0 Å². The molecule has 1 unspecified atom stereocenters. The highest BCUT2D eigenvalue weighted by Gasteiger charge is 2.15. The minimum Gasteiger partial charge on any atom is -0.461 e. The first-order valence-corrected chi connectivity index (χ1v) is 6.48. The van der Waals surface area contributed by atoms with Gasteiger partial charge in [-0.15, -0.1) is 0 Å². The van der Waals surface area contributed by atoms with Crippen molar-refractivity contribution in [2.24, 2.45) is 0 Å². The van der Waals surface area contributed by atoms with Gasteiger partial charge >= 0.3 is 0 Å². The Hall–Kier alpha value is -1.75. The van der Waals surface area contributed by atoms with Crippen LogP contribution in [0.25, 0.3) is 11.3 Å². The molecule has 0 saturated carbocycles. The fraction of sp³-hybridized carbons (Fsp3) is 0.333. The summed E-state index contributed by atoms with van der Waals surface area (Å²) in [6.07, 6.45) is 0.638. The molecule has 108 valence electrons. The fourth-order valence-corrected chi connectivity index (χ4v) is 2.07. The van der Waals surface area contributed by atoms with Crippen molar-refractivity contribution in [3.63, 3.8) is 0 Å². The molecular formula is C15H16F3NO. The first-order valence-electron chi connectivity index (χ1n) is 6.48. The second-order valence-corrected chi connectivity index (χ2v) is 4.67. The number of rotatable bonds is 5.